The van der Waals surface area contributed by atoms with Crippen molar-refractivity contribution in [1.29, 1.82) is 5.26 Å². The third-order valence-corrected chi connectivity index (χ3v) is 5.02. The van der Waals surface area contributed by atoms with E-state index in [1.54, 1.807) is 6.92 Å². The summed E-state index contributed by atoms with van der Waals surface area (Å²) in [6.45, 7) is 1.92. The van der Waals surface area contributed by atoms with Crippen molar-refractivity contribution in [2.75, 3.05) is 6.61 Å². The Hall–Kier alpha value is -3.98. The summed E-state index contributed by atoms with van der Waals surface area (Å²) in [6.07, 6.45) is 0.875. The topological polar surface area (TPSA) is 100 Å². The van der Waals surface area contributed by atoms with Gasteiger partial charge in [0.1, 0.15) is 11.8 Å². The first-order valence-electron chi connectivity index (χ1n) is 10.4. The number of hydrogen-bond donors (Lipinski definition) is 1. The molecule has 1 heterocycles. The van der Waals surface area contributed by atoms with E-state index in [1.165, 1.54) is 11.6 Å². The first kappa shape index (κ1) is 22.7. The molecule has 0 saturated heterocycles. The van der Waals surface area contributed by atoms with Gasteiger partial charge in [-0.15, -0.1) is 0 Å². The van der Waals surface area contributed by atoms with Gasteiger partial charge >= 0.3 is 5.97 Å². The molecular formula is C26H24N2O4. The van der Waals surface area contributed by atoms with E-state index in [0.29, 0.717) is 12.1 Å². The maximum absolute atomic E-state index is 12.6. The van der Waals surface area contributed by atoms with Gasteiger partial charge < -0.3 is 9.84 Å². The summed E-state index contributed by atoms with van der Waals surface area (Å²) in [4.78, 5) is 28.5. The van der Waals surface area contributed by atoms with Crippen molar-refractivity contribution in [1.82, 2.24) is 4.98 Å². The highest BCUT2D eigenvalue weighted by Crippen LogP contribution is 2.25. The van der Waals surface area contributed by atoms with Gasteiger partial charge in [0.25, 0.3) is 0 Å². The molecule has 0 atom stereocenters. The summed E-state index contributed by atoms with van der Waals surface area (Å²) in [6, 6.07) is 21.4. The Morgan fingerprint density at radius 3 is 2.31 bits per heavy atom. The standard InChI is InChI=1S/C26H24N2O4/c1-2-32-24(30)13-12-23(29)25-26(31)21(17-27)16-22(28-25)15-20-11-7-6-10-19(20)14-18-8-4-3-5-9-18/h3-11,16,31H,2,12-15H2,1H3. The second-order valence-electron chi connectivity index (χ2n) is 7.31. The first-order valence-corrected chi connectivity index (χ1v) is 10.4. The highest BCUT2D eigenvalue weighted by molar-refractivity contribution is 5.98. The Bertz CT molecular complexity index is 1150. The number of carbonyl (C=O) groups is 2. The van der Waals surface area contributed by atoms with Crippen LogP contribution >= 0.6 is 0 Å². The van der Waals surface area contributed by atoms with E-state index >= 15 is 0 Å². The average Bonchev–Trinajstić information content (AvgIpc) is 2.80. The molecular weight excluding hydrogens is 404 g/mol. The van der Waals surface area contributed by atoms with Gasteiger partial charge in [0.2, 0.25) is 0 Å². The predicted molar refractivity (Wildman–Crippen MR) is 119 cm³/mol. The second kappa shape index (κ2) is 10.9. The third kappa shape index (κ3) is 5.79. The molecule has 0 unspecified atom stereocenters. The third-order valence-electron chi connectivity index (χ3n) is 5.02. The molecule has 0 spiro atoms. The summed E-state index contributed by atoms with van der Waals surface area (Å²) in [5, 5.41) is 19.8. The van der Waals surface area contributed by atoms with Gasteiger partial charge in [0.05, 0.1) is 18.6 Å². The van der Waals surface area contributed by atoms with E-state index in [-0.39, 0.29) is 30.7 Å². The summed E-state index contributed by atoms with van der Waals surface area (Å²) in [5.74, 6) is -1.46. The molecule has 6 nitrogen and oxygen atoms in total. The Labute approximate surface area is 187 Å². The average molecular weight is 428 g/mol. The molecule has 3 rings (SSSR count). The Morgan fingerprint density at radius 1 is 1.00 bits per heavy atom. The van der Waals surface area contributed by atoms with Crippen LogP contribution in [0.1, 0.15) is 58.2 Å². The number of ketones is 1. The van der Waals surface area contributed by atoms with Gasteiger partial charge in [-0.3, -0.25) is 9.59 Å². The van der Waals surface area contributed by atoms with Gasteiger partial charge in [-0.05, 0) is 36.1 Å². The van der Waals surface area contributed by atoms with Crippen molar-refractivity contribution >= 4 is 11.8 Å². The first-order chi connectivity index (χ1) is 15.5. The van der Waals surface area contributed by atoms with Crippen molar-refractivity contribution < 1.29 is 19.4 Å². The minimum atomic E-state index is -0.508. The zero-order chi connectivity index (χ0) is 22.9. The van der Waals surface area contributed by atoms with E-state index < -0.39 is 17.5 Å². The van der Waals surface area contributed by atoms with E-state index in [0.717, 1.165) is 17.5 Å². The van der Waals surface area contributed by atoms with Gasteiger partial charge in [-0.2, -0.15) is 5.26 Å². The molecule has 6 heteroatoms. The molecule has 3 aromatic rings. The number of esters is 1. The number of benzene rings is 2. The fraction of sp³-hybridized carbons (Fsp3) is 0.231. The van der Waals surface area contributed by atoms with Crippen LogP contribution in [0.3, 0.4) is 0 Å². The van der Waals surface area contributed by atoms with Crippen LogP contribution in [-0.4, -0.2) is 28.4 Å². The molecule has 32 heavy (non-hydrogen) atoms. The summed E-state index contributed by atoms with van der Waals surface area (Å²) >= 11 is 0. The van der Waals surface area contributed by atoms with Crippen LogP contribution in [0.4, 0.5) is 0 Å². The highest BCUT2D eigenvalue weighted by Gasteiger charge is 2.20. The summed E-state index contributed by atoms with van der Waals surface area (Å²) in [5.41, 5.74) is 3.59. The van der Waals surface area contributed by atoms with Gasteiger partial charge in [0, 0.05) is 18.5 Å². The van der Waals surface area contributed by atoms with Gasteiger partial charge in [0.15, 0.2) is 11.5 Å². The molecule has 162 valence electrons. The van der Waals surface area contributed by atoms with Crippen LogP contribution in [0.5, 0.6) is 5.75 Å². The number of nitrogens with zero attached hydrogens (tertiary/aromatic N) is 2. The summed E-state index contributed by atoms with van der Waals surface area (Å²) in [7, 11) is 0. The molecule has 0 aliphatic carbocycles. The van der Waals surface area contributed by atoms with E-state index in [1.807, 2.05) is 48.5 Å². The fourth-order valence-corrected chi connectivity index (χ4v) is 3.44. The van der Waals surface area contributed by atoms with E-state index in [4.69, 9.17) is 4.74 Å². The van der Waals surface area contributed by atoms with Crippen LogP contribution in [0.25, 0.3) is 0 Å². The molecule has 0 radical (unpaired) electrons. The molecule has 1 N–H and O–H groups in total. The Morgan fingerprint density at radius 2 is 1.66 bits per heavy atom. The lowest BCUT2D eigenvalue weighted by Crippen LogP contribution is -2.11. The fourth-order valence-electron chi connectivity index (χ4n) is 3.44. The minimum Gasteiger partial charge on any atom is -0.504 e. The van der Waals surface area contributed by atoms with E-state index in [9.17, 15) is 20.0 Å². The summed E-state index contributed by atoms with van der Waals surface area (Å²) < 4.78 is 4.84. The van der Waals surface area contributed by atoms with E-state index in [2.05, 4.69) is 17.1 Å². The number of hydrogen-bond acceptors (Lipinski definition) is 6. The molecule has 0 bridgehead atoms. The van der Waals surface area contributed by atoms with Crippen molar-refractivity contribution in [2.45, 2.75) is 32.6 Å². The van der Waals surface area contributed by atoms with Gasteiger partial charge in [-0.25, -0.2) is 4.98 Å². The van der Waals surface area contributed by atoms with Gasteiger partial charge in [-0.1, -0.05) is 54.6 Å². The molecule has 0 fully saturated rings. The normalized spacial score (nSPS) is 10.4. The molecule has 0 aliphatic rings. The maximum Gasteiger partial charge on any atom is 0.306 e. The molecule has 0 aliphatic heterocycles. The lowest BCUT2D eigenvalue weighted by Gasteiger charge is -2.12. The number of ether oxygens (including phenoxy) is 1. The van der Waals surface area contributed by atoms with Crippen LogP contribution in [0.2, 0.25) is 0 Å². The molecule has 0 saturated carbocycles. The number of aromatic hydroxyl groups is 1. The minimum absolute atomic E-state index is 0.0185. The molecule has 0 amide bonds. The number of Topliss-reactive ketones (excluding diaryl/α,β-unsaturated/α-hetero) is 1. The van der Waals surface area contributed by atoms with Crippen LogP contribution in [0, 0.1) is 11.3 Å². The number of nitriles is 1. The smallest absolute Gasteiger partial charge is 0.306 e. The monoisotopic (exact) mass is 428 g/mol. The lowest BCUT2D eigenvalue weighted by molar-refractivity contribution is -0.143. The SMILES string of the molecule is CCOC(=O)CCC(=O)c1nc(Cc2ccccc2Cc2ccccc2)cc(C#N)c1O. The Kier molecular flexibility index (Phi) is 7.71. The Balaban J connectivity index is 1.86. The lowest BCUT2D eigenvalue weighted by atomic mass is 9.96. The maximum atomic E-state index is 12.6. The number of pyridine rings is 1. The van der Waals surface area contributed by atoms with Crippen molar-refractivity contribution in [3.05, 3.63) is 94.3 Å². The number of carbonyl (C=O) groups excluding carboxylic acids is 2. The second-order valence-corrected chi connectivity index (χ2v) is 7.31. The quantitative estimate of drug-likeness (QED) is 0.401. The predicted octanol–water partition coefficient (Wildman–Crippen LogP) is 4.37. The van der Waals surface area contributed by atoms with Crippen molar-refractivity contribution in [3.8, 4) is 11.8 Å². The number of aromatic nitrogens is 1. The highest BCUT2D eigenvalue weighted by atomic mass is 16.5. The van der Waals surface area contributed by atoms with Crippen molar-refractivity contribution in [3.63, 3.8) is 0 Å². The van der Waals surface area contributed by atoms with Crippen LogP contribution in [-0.2, 0) is 22.4 Å². The number of rotatable bonds is 9. The van der Waals surface area contributed by atoms with Crippen LogP contribution in [0.15, 0.2) is 60.7 Å². The molecule has 1 aromatic heterocycles. The zero-order valence-electron chi connectivity index (χ0n) is 17.9. The zero-order valence-corrected chi connectivity index (χ0v) is 17.9. The van der Waals surface area contributed by atoms with Crippen LogP contribution < -0.4 is 0 Å². The van der Waals surface area contributed by atoms with Crippen molar-refractivity contribution in [2.24, 2.45) is 0 Å². The molecule has 2 aromatic carbocycles. The largest absolute Gasteiger partial charge is 0.504 e.